The number of unbranched alkanes of at least 4 members (excludes halogenated alkanes) is 1. The molecule has 0 aliphatic rings. The highest BCUT2D eigenvalue weighted by molar-refractivity contribution is 7.89. The zero-order valence-corrected chi connectivity index (χ0v) is 9.87. The van der Waals surface area contributed by atoms with Gasteiger partial charge in [-0.2, -0.15) is 0 Å². The summed E-state index contributed by atoms with van der Waals surface area (Å²) in [5, 5.41) is 0. The van der Waals surface area contributed by atoms with Gasteiger partial charge in [0.05, 0.1) is 5.75 Å². The van der Waals surface area contributed by atoms with Gasteiger partial charge in [-0.15, -0.1) is 0 Å². The Labute approximate surface area is 82.0 Å². The van der Waals surface area contributed by atoms with Gasteiger partial charge in [-0.1, -0.05) is 27.2 Å². The van der Waals surface area contributed by atoms with Crippen molar-refractivity contribution in [1.82, 2.24) is 4.72 Å². The van der Waals surface area contributed by atoms with Gasteiger partial charge in [-0.05, 0) is 25.3 Å². The Kier molecular flexibility index (Phi) is 4.92. The molecule has 0 atom stereocenters. The highest BCUT2D eigenvalue weighted by atomic mass is 32.2. The smallest absolute Gasteiger partial charge is 0.211 e. The Morgan fingerprint density at radius 3 is 2.08 bits per heavy atom. The minimum Gasteiger partial charge on any atom is -0.218 e. The van der Waals surface area contributed by atoms with E-state index in [1.165, 1.54) is 7.05 Å². The molecule has 0 unspecified atom stereocenters. The average Bonchev–Trinajstić information content (AvgIpc) is 1.97. The highest BCUT2D eigenvalue weighted by Crippen LogP contribution is 2.21. The summed E-state index contributed by atoms with van der Waals surface area (Å²) < 4.78 is 24.3. The first-order valence-electron chi connectivity index (χ1n) is 4.68. The number of rotatable bonds is 5. The van der Waals surface area contributed by atoms with E-state index in [4.69, 9.17) is 0 Å². The molecule has 0 fully saturated rings. The summed E-state index contributed by atoms with van der Waals surface area (Å²) >= 11 is 0. The van der Waals surface area contributed by atoms with Crippen LogP contribution in [0.15, 0.2) is 0 Å². The zero-order chi connectivity index (χ0) is 10.5. The van der Waals surface area contributed by atoms with Gasteiger partial charge < -0.3 is 0 Å². The Balaban J connectivity index is 3.59. The quantitative estimate of drug-likeness (QED) is 0.698. The minimum absolute atomic E-state index is 0.250. The van der Waals surface area contributed by atoms with E-state index in [-0.39, 0.29) is 5.75 Å². The van der Waals surface area contributed by atoms with Crippen molar-refractivity contribution in [2.24, 2.45) is 5.41 Å². The van der Waals surface area contributed by atoms with Crippen molar-refractivity contribution < 1.29 is 8.42 Å². The maximum absolute atomic E-state index is 11.0. The second-order valence-electron chi connectivity index (χ2n) is 4.54. The third kappa shape index (κ3) is 8.25. The van der Waals surface area contributed by atoms with E-state index in [2.05, 4.69) is 25.5 Å². The molecule has 0 saturated heterocycles. The predicted octanol–water partition coefficient (Wildman–Crippen LogP) is 1.75. The Hall–Kier alpha value is -0.0900. The molecule has 3 nitrogen and oxygen atoms in total. The van der Waals surface area contributed by atoms with Gasteiger partial charge in [0.15, 0.2) is 0 Å². The zero-order valence-electron chi connectivity index (χ0n) is 9.05. The van der Waals surface area contributed by atoms with Gasteiger partial charge in [0.2, 0.25) is 10.0 Å². The van der Waals surface area contributed by atoms with Crippen LogP contribution in [0.4, 0.5) is 0 Å². The molecule has 0 aromatic carbocycles. The molecule has 0 spiro atoms. The van der Waals surface area contributed by atoms with Crippen LogP contribution in [0.25, 0.3) is 0 Å². The first-order chi connectivity index (χ1) is 5.77. The molecule has 0 rings (SSSR count). The first kappa shape index (κ1) is 12.9. The molecule has 0 aromatic rings. The van der Waals surface area contributed by atoms with E-state index in [9.17, 15) is 8.42 Å². The molecule has 0 bridgehead atoms. The third-order valence-electron chi connectivity index (χ3n) is 1.90. The first-order valence-corrected chi connectivity index (χ1v) is 6.33. The van der Waals surface area contributed by atoms with Crippen molar-refractivity contribution in [1.29, 1.82) is 0 Å². The summed E-state index contributed by atoms with van der Waals surface area (Å²) in [4.78, 5) is 0. The lowest BCUT2D eigenvalue weighted by Crippen LogP contribution is -2.22. The Morgan fingerprint density at radius 1 is 1.15 bits per heavy atom. The highest BCUT2D eigenvalue weighted by Gasteiger charge is 2.11. The van der Waals surface area contributed by atoms with E-state index in [0.717, 1.165) is 19.3 Å². The summed E-state index contributed by atoms with van der Waals surface area (Å²) in [6.07, 6.45) is 2.80. The molecule has 1 N–H and O–H groups in total. The van der Waals surface area contributed by atoms with Crippen molar-refractivity contribution >= 4 is 10.0 Å². The molecule has 0 aromatic heterocycles. The fraction of sp³-hybridized carbons (Fsp3) is 1.00. The molecule has 13 heavy (non-hydrogen) atoms. The fourth-order valence-corrected chi connectivity index (χ4v) is 1.84. The van der Waals surface area contributed by atoms with E-state index >= 15 is 0 Å². The van der Waals surface area contributed by atoms with Crippen LogP contribution in [-0.2, 0) is 10.0 Å². The molecule has 0 aliphatic heterocycles. The van der Waals surface area contributed by atoms with Crippen LogP contribution in [0.3, 0.4) is 0 Å². The van der Waals surface area contributed by atoms with E-state index in [1.807, 2.05) is 0 Å². The Morgan fingerprint density at radius 2 is 1.69 bits per heavy atom. The van der Waals surface area contributed by atoms with Crippen LogP contribution in [-0.4, -0.2) is 21.2 Å². The van der Waals surface area contributed by atoms with Crippen LogP contribution in [0.2, 0.25) is 0 Å². The standard InChI is InChI=1S/C9H21NO2S/c1-9(2,3)7-5-6-8-13(11,12)10-4/h10H,5-8H2,1-4H3. The molecule has 0 amide bonds. The topological polar surface area (TPSA) is 46.2 Å². The fourth-order valence-electron chi connectivity index (χ4n) is 1.05. The van der Waals surface area contributed by atoms with Crippen LogP contribution < -0.4 is 4.72 Å². The summed E-state index contributed by atoms with van der Waals surface area (Å²) in [5.74, 6) is 0.250. The SMILES string of the molecule is CNS(=O)(=O)CCCCC(C)(C)C. The molecule has 0 radical (unpaired) electrons. The van der Waals surface area contributed by atoms with Crippen molar-refractivity contribution in [2.45, 2.75) is 40.0 Å². The summed E-state index contributed by atoms with van der Waals surface area (Å²) in [7, 11) is -1.53. The van der Waals surface area contributed by atoms with Gasteiger partial charge in [0, 0.05) is 0 Å². The summed E-state index contributed by atoms with van der Waals surface area (Å²) in [6.45, 7) is 6.50. The second kappa shape index (κ2) is 4.96. The van der Waals surface area contributed by atoms with Crippen molar-refractivity contribution in [3.05, 3.63) is 0 Å². The van der Waals surface area contributed by atoms with E-state index in [1.54, 1.807) is 0 Å². The van der Waals surface area contributed by atoms with Gasteiger partial charge in [-0.3, -0.25) is 0 Å². The molecule has 4 heteroatoms. The molecular formula is C9H21NO2S. The summed E-state index contributed by atoms with van der Waals surface area (Å²) in [6, 6.07) is 0. The molecule has 0 aliphatic carbocycles. The molecule has 80 valence electrons. The third-order valence-corrected chi connectivity index (χ3v) is 3.35. The van der Waals surface area contributed by atoms with E-state index < -0.39 is 10.0 Å². The molecule has 0 heterocycles. The lowest BCUT2D eigenvalue weighted by atomic mass is 9.90. The Bertz CT molecular complexity index is 226. The van der Waals surface area contributed by atoms with Crippen molar-refractivity contribution in [3.8, 4) is 0 Å². The number of sulfonamides is 1. The molecule has 0 saturated carbocycles. The number of nitrogens with one attached hydrogen (secondary N) is 1. The van der Waals surface area contributed by atoms with Gasteiger partial charge in [-0.25, -0.2) is 13.1 Å². The van der Waals surface area contributed by atoms with Crippen LogP contribution in [0.5, 0.6) is 0 Å². The van der Waals surface area contributed by atoms with Gasteiger partial charge >= 0.3 is 0 Å². The maximum atomic E-state index is 11.0. The number of hydrogen-bond acceptors (Lipinski definition) is 2. The van der Waals surface area contributed by atoms with E-state index in [0.29, 0.717) is 5.41 Å². The number of hydrogen-bond donors (Lipinski definition) is 1. The average molecular weight is 207 g/mol. The van der Waals surface area contributed by atoms with Crippen LogP contribution >= 0.6 is 0 Å². The largest absolute Gasteiger partial charge is 0.218 e. The molecular weight excluding hydrogens is 186 g/mol. The van der Waals surface area contributed by atoms with Crippen LogP contribution in [0, 0.1) is 5.41 Å². The van der Waals surface area contributed by atoms with Gasteiger partial charge in [0.25, 0.3) is 0 Å². The maximum Gasteiger partial charge on any atom is 0.211 e. The monoisotopic (exact) mass is 207 g/mol. The van der Waals surface area contributed by atoms with Crippen molar-refractivity contribution in [3.63, 3.8) is 0 Å². The lowest BCUT2D eigenvalue weighted by molar-refractivity contribution is 0.363. The second-order valence-corrected chi connectivity index (χ2v) is 6.59. The lowest BCUT2D eigenvalue weighted by Gasteiger charge is -2.17. The summed E-state index contributed by atoms with van der Waals surface area (Å²) in [5.41, 5.74) is 0.309. The normalized spacial score (nSPS) is 13.2. The van der Waals surface area contributed by atoms with Gasteiger partial charge in [0.1, 0.15) is 0 Å². The predicted molar refractivity (Wildman–Crippen MR) is 56.2 cm³/mol. The van der Waals surface area contributed by atoms with Crippen molar-refractivity contribution in [2.75, 3.05) is 12.8 Å². The van der Waals surface area contributed by atoms with Crippen LogP contribution in [0.1, 0.15) is 40.0 Å². The minimum atomic E-state index is -2.99.